The van der Waals surface area contributed by atoms with Crippen LogP contribution in [0.2, 0.25) is 0 Å². The molecule has 2 aliphatic rings. The van der Waals surface area contributed by atoms with Gasteiger partial charge in [-0.15, -0.1) is 0 Å². The summed E-state index contributed by atoms with van der Waals surface area (Å²) in [5, 5.41) is 6.10. The third-order valence-corrected chi connectivity index (χ3v) is 5.75. The highest BCUT2D eigenvalue weighted by Crippen LogP contribution is 2.30. The van der Waals surface area contributed by atoms with Gasteiger partial charge in [-0.05, 0) is 42.9 Å². The maximum absolute atomic E-state index is 13.2. The van der Waals surface area contributed by atoms with E-state index in [0.717, 1.165) is 23.6 Å². The zero-order valence-corrected chi connectivity index (χ0v) is 16.4. The average Bonchev–Trinajstić information content (AvgIpc) is 3.29. The number of halogens is 1. The van der Waals surface area contributed by atoms with E-state index in [4.69, 9.17) is 4.52 Å². The minimum atomic E-state index is -0.237. The fraction of sp³-hybridized carbons (Fsp3) is 0.304. The van der Waals surface area contributed by atoms with Crippen LogP contribution in [0.5, 0.6) is 0 Å². The Morgan fingerprint density at radius 3 is 2.93 bits per heavy atom. The number of fused-ring (bicyclic) bond motifs is 1. The van der Waals surface area contributed by atoms with E-state index < -0.39 is 0 Å². The Morgan fingerprint density at radius 2 is 2.10 bits per heavy atom. The number of aromatic nitrogens is 3. The highest BCUT2D eigenvalue weighted by molar-refractivity contribution is 5.96. The number of likely N-dealkylation sites (tertiary alicyclic amines) is 1. The first-order valence-corrected chi connectivity index (χ1v) is 10.2. The van der Waals surface area contributed by atoms with Crippen molar-refractivity contribution >= 4 is 16.7 Å². The number of hydrogen-bond acceptors (Lipinski definition) is 5. The van der Waals surface area contributed by atoms with Gasteiger partial charge in [-0.1, -0.05) is 35.5 Å². The summed E-state index contributed by atoms with van der Waals surface area (Å²) in [6, 6.07) is 9.70. The van der Waals surface area contributed by atoms with E-state index in [1.54, 1.807) is 12.3 Å². The van der Waals surface area contributed by atoms with Crippen LogP contribution in [0.3, 0.4) is 0 Å². The Hall–Kier alpha value is -3.35. The average molecular weight is 404 g/mol. The van der Waals surface area contributed by atoms with Crippen LogP contribution in [-0.2, 0) is 0 Å². The van der Waals surface area contributed by atoms with Gasteiger partial charge in [0, 0.05) is 30.6 Å². The lowest BCUT2D eigenvalue weighted by atomic mass is 9.97. The molecule has 1 saturated heterocycles. The highest BCUT2D eigenvalue weighted by atomic mass is 19.1. The summed E-state index contributed by atoms with van der Waals surface area (Å²) < 4.78 is 18.7. The van der Waals surface area contributed by atoms with Gasteiger partial charge in [0.25, 0.3) is 5.91 Å². The van der Waals surface area contributed by atoms with Gasteiger partial charge in [0.1, 0.15) is 11.5 Å². The SMILES string of the molecule is O=C(c1cc2ccccc2cn1)N1CCC[C@H](c2nc(C3C=CC(F)=CC3)no2)C1. The molecule has 30 heavy (non-hydrogen) atoms. The van der Waals surface area contributed by atoms with Crippen LogP contribution in [-0.4, -0.2) is 39.0 Å². The van der Waals surface area contributed by atoms with Crippen LogP contribution in [0.25, 0.3) is 10.8 Å². The molecule has 1 amide bonds. The molecule has 2 aromatic heterocycles. The maximum Gasteiger partial charge on any atom is 0.272 e. The summed E-state index contributed by atoms with van der Waals surface area (Å²) in [4.78, 5) is 23.8. The molecule has 0 saturated carbocycles. The normalized spacial score (nSPS) is 21.6. The van der Waals surface area contributed by atoms with E-state index >= 15 is 0 Å². The summed E-state index contributed by atoms with van der Waals surface area (Å²) in [5.74, 6) is 0.691. The molecule has 152 valence electrons. The molecule has 1 aromatic carbocycles. The van der Waals surface area contributed by atoms with Crippen LogP contribution >= 0.6 is 0 Å². The van der Waals surface area contributed by atoms with Gasteiger partial charge in [0.05, 0.1) is 5.92 Å². The van der Waals surface area contributed by atoms with Gasteiger partial charge in [0.2, 0.25) is 5.89 Å². The lowest BCUT2D eigenvalue weighted by Crippen LogP contribution is -2.39. The molecule has 0 radical (unpaired) electrons. The molecule has 3 heterocycles. The number of carbonyl (C=O) groups excluding carboxylic acids is 1. The van der Waals surface area contributed by atoms with E-state index in [2.05, 4.69) is 15.1 Å². The molecular weight excluding hydrogens is 383 g/mol. The second-order valence-corrected chi connectivity index (χ2v) is 7.79. The molecule has 0 bridgehead atoms. The molecule has 1 aliphatic carbocycles. The highest BCUT2D eigenvalue weighted by Gasteiger charge is 2.30. The number of allylic oxidation sites excluding steroid dienone is 4. The van der Waals surface area contributed by atoms with Crippen LogP contribution in [0.4, 0.5) is 4.39 Å². The summed E-state index contributed by atoms with van der Waals surface area (Å²) >= 11 is 0. The van der Waals surface area contributed by atoms with Gasteiger partial charge >= 0.3 is 0 Å². The van der Waals surface area contributed by atoms with E-state index in [9.17, 15) is 9.18 Å². The summed E-state index contributed by atoms with van der Waals surface area (Å²) in [7, 11) is 0. The topological polar surface area (TPSA) is 72.1 Å². The first-order valence-electron chi connectivity index (χ1n) is 10.2. The van der Waals surface area contributed by atoms with Crippen molar-refractivity contribution in [3.05, 3.63) is 78.0 Å². The summed E-state index contributed by atoms with van der Waals surface area (Å²) in [6.45, 7) is 1.20. The number of piperidine rings is 1. The number of carbonyl (C=O) groups is 1. The van der Waals surface area contributed by atoms with Crippen molar-refractivity contribution < 1.29 is 13.7 Å². The largest absolute Gasteiger partial charge is 0.339 e. The number of pyridine rings is 1. The molecule has 6 nitrogen and oxygen atoms in total. The predicted octanol–water partition coefficient (Wildman–Crippen LogP) is 4.53. The van der Waals surface area contributed by atoms with Gasteiger partial charge in [-0.3, -0.25) is 9.78 Å². The lowest BCUT2D eigenvalue weighted by molar-refractivity contribution is 0.0690. The van der Waals surface area contributed by atoms with Crippen molar-refractivity contribution in [1.82, 2.24) is 20.0 Å². The molecule has 1 fully saturated rings. The Bertz CT molecular complexity index is 1150. The quantitative estimate of drug-likeness (QED) is 0.641. The molecule has 5 rings (SSSR count). The van der Waals surface area contributed by atoms with Crippen LogP contribution in [0, 0.1) is 0 Å². The van der Waals surface area contributed by atoms with E-state index in [1.165, 1.54) is 12.2 Å². The van der Waals surface area contributed by atoms with Gasteiger partial charge in [0.15, 0.2) is 5.82 Å². The first kappa shape index (κ1) is 18.7. The third-order valence-electron chi connectivity index (χ3n) is 5.75. The molecule has 1 unspecified atom stereocenters. The van der Waals surface area contributed by atoms with Crippen molar-refractivity contribution in [3.8, 4) is 0 Å². The molecule has 2 atom stereocenters. The molecular formula is C23H21FN4O2. The molecule has 7 heteroatoms. The van der Waals surface area contributed by atoms with Crippen LogP contribution in [0.1, 0.15) is 53.3 Å². The number of nitrogens with zero attached hydrogens (tertiary/aromatic N) is 4. The lowest BCUT2D eigenvalue weighted by Gasteiger charge is -2.30. The fourth-order valence-corrected chi connectivity index (χ4v) is 4.08. The number of rotatable bonds is 3. The molecule has 3 aromatic rings. The number of benzene rings is 1. The Morgan fingerprint density at radius 1 is 1.23 bits per heavy atom. The van der Waals surface area contributed by atoms with Crippen molar-refractivity contribution in [1.29, 1.82) is 0 Å². The predicted molar refractivity (Wildman–Crippen MR) is 110 cm³/mol. The Balaban J connectivity index is 1.31. The zero-order chi connectivity index (χ0) is 20.5. The smallest absolute Gasteiger partial charge is 0.272 e. The number of amides is 1. The van der Waals surface area contributed by atoms with Crippen LogP contribution < -0.4 is 0 Å². The second-order valence-electron chi connectivity index (χ2n) is 7.79. The standard InChI is InChI=1S/C23H21FN4O2/c24-19-9-7-15(8-10-19)21-26-22(30-27-21)18-6-3-11-28(14-18)23(29)20-12-16-4-1-2-5-17(16)13-25-20/h1-2,4-5,7,9-10,12-13,15,18H,3,6,8,11,14H2/t15?,18-/m0/s1. The van der Waals surface area contributed by atoms with E-state index in [0.29, 0.717) is 36.9 Å². The molecule has 1 aliphatic heterocycles. The summed E-state index contributed by atoms with van der Waals surface area (Å²) in [5.41, 5.74) is 0.446. The summed E-state index contributed by atoms with van der Waals surface area (Å²) in [6.07, 6.45) is 8.71. The second kappa shape index (κ2) is 7.82. The Kier molecular flexibility index (Phi) is 4.86. The third kappa shape index (κ3) is 3.63. The van der Waals surface area contributed by atoms with Crippen molar-refractivity contribution in [2.45, 2.75) is 31.1 Å². The maximum atomic E-state index is 13.2. The van der Waals surface area contributed by atoms with Gasteiger partial charge in [-0.2, -0.15) is 4.98 Å². The monoisotopic (exact) mass is 404 g/mol. The Labute approximate surface area is 173 Å². The molecule has 0 N–H and O–H groups in total. The van der Waals surface area contributed by atoms with E-state index in [-0.39, 0.29) is 23.6 Å². The number of hydrogen-bond donors (Lipinski definition) is 0. The minimum absolute atomic E-state index is 0.00995. The molecule has 0 spiro atoms. The van der Waals surface area contributed by atoms with Crippen molar-refractivity contribution in [2.75, 3.05) is 13.1 Å². The first-order chi connectivity index (χ1) is 14.7. The fourth-order valence-electron chi connectivity index (χ4n) is 4.08. The van der Waals surface area contributed by atoms with Crippen molar-refractivity contribution in [3.63, 3.8) is 0 Å². The van der Waals surface area contributed by atoms with Gasteiger partial charge < -0.3 is 9.42 Å². The van der Waals surface area contributed by atoms with Crippen molar-refractivity contribution in [2.24, 2.45) is 0 Å². The van der Waals surface area contributed by atoms with Gasteiger partial charge in [-0.25, -0.2) is 4.39 Å². The van der Waals surface area contributed by atoms with E-state index in [1.807, 2.05) is 35.2 Å². The zero-order valence-electron chi connectivity index (χ0n) is 16.4. The minimum Gasteiger partial charge on any atom is -0.339 e. The van der Waals surface area contributed by atoms with Crippen LogP contribution in [0.15, 0.2) is 65.1 Å².